The van der Waals surface area contributed by atoms with Gasteiger partial charge in [-0.1, -0.05) is 12.1 Å². The molecule has 20 heavy (non-hydrogen) atoms. The van der Waals surface area contributed by atoms with Gasteiger partial charge in [-0.2, -0.15) is 0 Å². The van der Waals surface area contributed by atoms with E-state index in [1.807, 2.05) is 0 Å². The fourth-order valence-electron chi connectivity index (χ4n) is 2.25. The number of carbonyl (C=O) groups excluding carboxylic acids is 2. The van der Waals surface area contributed by atoms with Crippen molar-refractivity contribution in [3.63, 3.8) is 0 Å². The average molecular weight is 271 g/mol. The second-order valence-electron chi connectivity index (χ2n) is 4.30. The highest BCUT2D eigenvalue weighted by Crippen LogP contribution is 2.32. The minimum Gasteiger partial charge on any atom is -0.480 e. The molecular formula is C14H9NO5. The Hall–Kier alpha value is -2.89. The number of fused-ring (bicyclic) bond motifs is 1. The number of hydrogen-bond acceptors (Lipinski definition) is 4. The van der Waals surface area contributed by atoms with Gasteiger partial charge >= 0.3 is 5.97 Å². The highest BCUT2D eigenvalue weighted by atomic mass is 16.4. The number of aliphatic carboxylic acids is 1. The van der Waals surface area contributed by atoms with Crippen LogP contribution in [-0.2, 0) is 4.79 Å². The van der Waals surface area contributed by atoms with Crippen LogP contribution in [0.2, 0.25) is 0 Å². The summed E-state index contributed by atoms with van der Waals surface area (Å²) < 4.78 is 5.25. The summed E-state index contributed by atoms with van der Waals surface area (Å²) in [6.07, 6.45) is 1.46. The molecular weight excluding hydrogens is 262 g/mol. The van der Waals surface area contributed by atoms with Gasteiger partial charge in [0.25, 0.3) is 11.8 Å². The number of carbonyl (C=O) groups is 3. The molecule has 6 nitrogen and oxygen atoms in total. The van der Waals surface area contributed by atoms with E-state index >= 15 is 0 Å². The van der Waals surface area contributed by atoms with Crippen molar-refractivity contribution in [3.8, 4) is 11.3 Å². The van der Waals surface area contributed by atoms with Crippen molar-refractivity contribution in [3.05, 3.63) is 47.7 Å². The second-order valence-corrected chi connectivity index (χ2v) is 4.30. The first-order valence-electron chi connectivity index (χ1n) is 5.84. The van der Waals surface area contributed by atoms with Crippen molar-refractivity contribution in [1.29, 1.82) is 0 Å². The maximum Gasteiger partial charge on any atom is 0.323 e. The van der Waals surface area contributed by atoms with E-state index in [2.05, 4.69) is 0 Å². The normalized spacial score (nSPS) is 13.7. The van der Waals surface area contributed by atoms with Gasteiger partial charge in [-0.15, -0.1) is 0 Å². The fourth-order valence-corrected chi connectivity index (χ4v) is 2.25. The Morgan fingerprint density at radius 3 is 2.50 bits per heavy atom. The van der Waals surface area contributed by atoms with Crippen LogP contribution in [-0.4, -0.2) is 34.3 Å². The van der Waals surface area contributed by atoms with Crippen molar-refractivity contribution in [2.75, 3.05) is 6.54 Å². The van der Waals surface area contributed by atoms with Gasteiger partial charge in [0, 0.05) is 5.56 Å². The third kappa shape index (κ3) is 1.70. The molecule has 0 saturated carbocycles. The van der Waals surface area contributed by atoms with E-state index in [9.17, 15) is 14.4 Å². The van der Waals surface area contributed by atoms with Crippen LogP contribution in [0.25, 0.3) is 11.3 Å². The van der Waals surface area contributed by atoms with Crippen LogP contribution in [0.4, 0.5) is 0 Å². The quantitative estimate of drug-likeness (QED) is 0.857. The molecule has 0 aliphatic carbocycles. The van der Waals surface area contributed by atoms with Gasteiger partial charge in [0.2, 0.25) is 0 Å². The fraction of sp³-hybridized carbons (Fsp3) is 0.0714. The summed E-state index contributed by atoms with van der Waals surface area (Å²) in [4.78, 5) is 35.8. The van der Waals surface area contributed by atoms with E-state index < -0.39 is 24.3 Å². The summed E-state index contributed by atoms with van der Waals surface area (Å²) in [6, 6.07) is 8.14. The first kappa shape index (κ1) is 12.2. The minimum atomic E-state index is -1.24. The molecule has 0 unspecified atom stereocenters. The zero-order chi connectivity index (χ0) is 14.3. The number of hydrogen-bond donors (Lipinski definition) is 1. The molecule has 2 aromatic rings. The maximum absolute atomic E-state index is 12.3. The van der Waals surface area contributed by atoms with Crippen LogP contribution in [0.3, 0.4) is 0 Å². The number of benzene rings is 1. The van der Waals surface area contributed by atoms with E-state index in [0.29, 0.717) is 11.3 Å². The van der Waals surface area contributed by atoms with E-state index in [-0.39, 0.29) is 11.1 Å². The lowest BCUT2D eigenvalue weighted by Crippen LogP contribution is -2.34. The number of carboxylic acids is 1. The van der Waals surface area contributed by atoms with Crippen molar-refractivity contribution in [1.82, 2.24) is 4.90 Å². The van der Waals surface area contributed by atoms with E-state index in [1.165, 1.54) is 12.3 Å². The highest BCUT2D eigenvalue weighted by Gasteiger charge is 2.38. The Balaban J connectivity index is 2.14. The number of nitrogens with zero attached hydrogens (tertiary/aromatic N) is 1. The summed E-state index contributed by atoms with van der Waals surface area (Å²) in [5.74, 6) is -1.99. The number of amides is 2. The van der Waals surface area contributed by atoms with Gasteiger partial charge in [-0.3, -0.25) is 19.3 Å². The maximum atomic E-state index is 12.3. The first-order valence-corrected chi connectivity index (χ1v) is 5.84. The van der Waals surface area contributed by atoms with Gasteiger partial charge in [-0.25, -0.2) is 0 Å². The average Bonchev–Trinajstić information content (AvgIpc) is 3.02. The van der Waals surface area contributed by atoms with Gasteiger partial charge in [0.1, 0.15) is 12.3 Å². The Morgan fingerprint density at radius 1 is 1.10 bits per heavy atom. The molecule has 1 aliphatic heterocycles. The largest absolute Gasteiger partial charge is 0.480 e. The van der Waals surface area contributed by atoms with Crippen molar-refractivity contribution >= 4 is 17.8 Å². The predicted octanol–water partition coefficient (Wildman–Crippen LogP) is 1.63. The van der Waals surface area contributed by atoms with Crippen molar-refractivity contribution in [2.45, 2.75) is 0 Å². The monoisotopic (exact) mass is 271 g/mol. The zero-order valence-electron chi connectivity index (χ0n) is 10.2. The van der Waals surface area contributed by atoms with Gasteiger partial charge in [-0.05, 0) is 18.2 Å². The number of rotatable bonds is 3. The SMILES string of the molecule is O=C(O)CN1C(=O)c2cccc(-c3ccco3)c2C1=O. The van der Waals surface area contributed by atoms with E-state index in [0.717, 1.165) is 4.90 Å². The molecule has 100 valence electrons. The molecule has 6 heteroatoms. The third-order valence-electron chi connectivity index (χ3n) is 3.08. The predicted molar refractivity (Wildman–Crippen MR) is 67.1 cm³/mol. The second kappa shape index (κ2) is 4.34. The standard InChI is InChI=1S/C14H9NO5/c16-11(17)7-15-13(18)9-4-1-3-8(12(9)14(15)19)10-5-2-6-20-10/h1-6H,7H2,(H,16,17). The third-order valence-corrected chi connectivity index (χ3v) is 3.08. The molecule has 0 radical (unpaired) electrons. The molecule has 3 rings (SSSR count). The summed E-state index contributed by atoms with van der Waals surface area (Å²) in [5.41, 5.74) is 0.873. The summed E-state index contributed by atoms with van der Waals surface area (Å²) in [6.45, 7) is -0.649. The smallest absolute Gasteiger partial charge is 0.323 e. The van der Waals surface area contributed by atoms with Gasteiger partial charge in [0.05, 0.1) is 17.4 Å². The molecule has 0 fully saturated rings. The molecule has 2 amide bonds. The van der Waals surface area contributed by atoms with Crippen LogP contribution in [0.1, 0.15) is 20.7 Å². The molecule has 1 aromatic carbocycles. The van der Waals surface area contributed by atoms with Crippen LogP contribution in [0, 0.1) is 0 Å². The molecule has 0 bridgehead atoms. The lowest BCUT2D eigenvalue weighted by Gasteiger charge is -2.09. The van der Waals surface area contributed by atoms with E-state index in [4.69, 9.17) is 9.52 Å². The number of carboxylic acid groups (broad SMARTS) is 1. The summed E-state index contributed by atoms with van der Waals surface area (Å²) in [7, 11) is 0. The molecule has 0 saturated heterocycles. The number of furan rings is 1. The van der Waals surface area contributed by atoms with E-state index in [1.54, 1.807) is 24.3 Å². The Bertz CT molecular complexity index is 717. The summed E-state index contributed by atoms with van der Waals surface area (Å²) >= 11 is 0. The molecule has 0 spiro atoms. The Labute approximate surface area is 113 Å². The molecule has 2 heterocycles. The van der Waals surface area contributed by atoms with Crippen LogP contribution >= 0.6 is 0 Å². The number of imide groups is 1. The Kier molecular flexibility index (Phi) is 2.64. The van der Waals surface area contributed by atoms with Crippen LogP contribution in [0.5, 0.6) is 0 Å². The topological polar surface area (TPSA) is 87.8 Å². The minimum absolute atomic E-state index is 0.189. The lowest BCUT2D eigenvalue weighted by atomic mass is 10.0. The molecule has 1 aromatic heterocycles. The Morgan fingerprint density at radius 2 is 1.85 bits per heavy atom. The molecule has 1 N–H and O–H groups in total. The molecule has 1 aliphatic rings. The van der Waals surface area contributed by atoms with Gasteiger partial charge < -0.3 is 9.52 Å². The van der Waals surface area contributed by atoms with Crippen molar-refractivity contribution < 1.29 is 23.9 Å². The van der Waals surface area contributed by atoms with Crippen molar-refractivity contribution in [2.24, 2.45) is 0 Å². The van der Waals surface area contributed by atoms with Crippen LogP contribution in [0.15, 0.2) is 41.0 Å². The first-order chi connectivity index (χ1) is 9.59. The zero-order valence-corrected chi connectivity index (χ0v) is 10.2. The summed E-state index contributed by atoms with van der Waals surface area (Å²) in [5, 5.41) is 8.78. The lowest BCUT2D eigenvalue weighted by molar-refractivity contribution is -0.137. The van der Waals surface area contributed by atoms with Gasteiger partial charge in [0.15, 0.2) is 0 Å². The molecule has 0 atom stereocenters. The van der Waals surface area contributed by atoms with Crippen LogP contribution < -0.4 is 0 Å². The highest BCUT2D eigenvalue weighted by molar-refractivity contribution is 6.24.